The van der Waals surface area contributed by atoms with Gasteiger partial charge in [-0.3, -0.25) is 4.79 Å². The van der Waals surface area contributed by atoms with Gasteiger partial charge in [-0.1, -0.05) is 12.1 Å². The second kappa shape index (κ2) is 8.58. The molecule has 0 amide bonds. The van der Waals surface area contributed by atoms with E-state index < -0.39 is 0 Å². The molecule has 1 aromatic carbocycles. The molecule has 0 atom stereocenters. The molecule has 1 aliphatic carbocycles. The first-order chi connectivity index (χ1) is 13.7. The summed E-state index contributed by atoms with van der Waals surface area (Å²) >= 11 is 0. The van der Waals surface area contributed by atoms with Gasteiger partial charge in [0.25, 0.3) is 5.56 Å². The summed E-state index contributed by atoms with van der Waals surface area (Å²) in [4.78, 5) is 23.2. The molecule has 7 heteroatoms. The summed E-state index contributed by atoms with van der Waals surface area (Å²) in [5.41, 5.74) is 3.04. The molecule has 148 valence electrons. The Morgan fingerprint density at radius 3 is 2.71 bits per heavy atom. The van der Waals surface area contributed by atoms with E-state index >= 15 is 0 Å². The van der Waals surface area contributed by atoms with Crippen molar-refractivity contribution in [2.45, 2.75) is 37.8 Å². The summed E-state index contributed by atoms with van der Waals surface area (Å²) < 4.78 is 5.10. The van der Waals surface area contributed by atoms with Gasteiger partial charge in [0.05, 0.1) is 23.3 Å². The third-order valence-corrected chi connectivity index (χ3v) is 5.41. The quantitative estimate of drug-likeness (QED) is 0.472. The summed E-state index contributed by atoms with van der Waals surface area (Å²) in [5.74, 6) is 0.598. The van der Waals surface area contributed by atoms with Crippen LogP contribution in [0.25, 0.3) is 22.4 Å². The molecule has 1 fully saturated rings. The molecule has 0 radical (unpaired) electrons. The number of aromatic nitrogens is 3. The molecule has 3 aromatic rings. The smallest absolute Gasteiger partial charge is 0.261 e. The Kier molecular flexibility index (Phi) is 5.73. The van der Waals surface area contributed by atoms with Crippen molar-refractivity contribution in [1.82, 2.24) is 20.3 Å². The monoisotopic (exact) mass is 381 g/mol. The van der Waals surface area contributed by atoms with Crippen molar-refractivity contribution in [2.75, 3.05) is 25.6 Å². The molecule has 28 heavy (non-hydrogen) atoms. The lowest BCUT2D eigenvalue weighted by Crippen LogP contribution is -2.38. The number of methoxy groups -OCH3 is 1. The van der Waals surface area contributed by atoms with Gasteiger partial charge in [-0.15, -0.1) is 0 Å². The van der Waals surface area contributed by atoms with Gasteiger partial charge >= 0.3 is 0 Å². The lowest BCUT2D eigenvalue weighted by Gasteiger charge is -2.30. The van der Waals surface area contributed by atoms with Gasteiger partial charge in [0, 0.05) is 31.9 Å². The predicted molar refractivity (Wildman–Crippen MR) is 112 cm³/mol. The van der Waals surface area contributed by atoms with Crippen LogP contribution in [0.4, 0.5) is 5.69 Å². The average Bonchev–Trinajstić information content (AvgIpc) is 3.13. The number of para-hydroxylation sites is 2. The standard InChI is InChI=1S/C21H27N5O2/c1-28-13-12-22-14-6-8-15(9-7-14)24-18-10-11-23-21(27)19(18)20-25-16-4-2-3-5-17(16)26-20/h2-5,10-11,14-15,22H,6-9,12-13H2,1H3,(H,25,26)(H2,23,24,27). The molecule has 1 aliphatic rings. The van der Waals surface area contributed by atoms with Crippen molar-refractivity contribution in [1.29, 1.82) is 0 Å². The third-order valence-electron chi connectivity index (χ3n) is 5.41. The van der Waals surface area contributed by atoms with E-state index in [9.17, 15) is 4.79 Å². The van der Waals surface area contributed by atoms with Crippen LogP contribution in [-0.2, 0) is 4.74 Å². The van der Waals surface area contributed by atoms with Gasteiger partial charge in [0.15, 0.2) is 0 Å². The molecule has 4 N–H and O–H groups in total. The van der Waals surface area contributed by atoms with E-state index in [2.05, 4.69) is 25.6 Å². The van der Waals surface area contributed by atoms with E-state index in [4.69, 9.17) is 4.74 Å². The third kappa shape index (κ3) is 4.10. The molecular weight excluding hydrogens is 354 g/mol. The molecule has 4 rings (SSSR count). The van der Waals surface area contributed by atoms with Crippen molar-refractivity contribution in [3.8, 4) is 11.4 Å². The molecule has 0 spiro atoms. The number of ether oxygens (including phenoxy) is 1. The fourth-order valence-corrected chi connectivity index (χ4v) is 3.93. The predicted octanol–water partition coefficient (Wildman–Crippen LogP) is 2.88. The number of benzene rings is 1. The number of aromatic amines is 2. The number of hydrogen-bond donors (Lipinski definition) is 4. The zero-order valence-corrected chi connectivity index (χ0v) is 16.1. The highest BCUT2D eigenvalue weighted by Gasteiger charge is 2.22. The maximum atomic E-state index is 12.6. The Bertz CT molecular complexity index is 939. The van der Waals surface area contributed by atoms with Crippen molar-refractivity contribution in [2.24, 2.45) is 0 Å². The summed E-state index contributed by atoms with van der Waals surface area (Å²) in [6.07, 6.45) is 6.05. The SMILES string of the molecule is COCCNC1CCC(Nc2cc[nH]c(=O)c2-c2nc3ccccc3[nH]2)CC1. The molecule has 1 saturated carbocycles. The van der Waals surface area contributed by atoms with Crippen LogP contribution < -0.4 is 16.2 Å². The van der Waals surface area contributed by atoms with Crippen LogP contribution in [0.15, 0.2) is 41.3 Å². The maximum absolute atomic E-state index is 12.6. The fraction of sp³-hybridized carbons (Fsp3) is 0.429. The van der Waals surface area contributed by atoms with Crippen LogP contribution in [-0.4, -0.2) is 47.3 Å². The van der Waals surface area contributed by atoms with E-state index in [0.29, 0.717) is 23.5 Å². The van der Waals surface area contributed by atoms with E-state index in [-0.39, 0.29) is 5.56 Å². The summed E-state index contributed by atoms with van der Waals surface area (Å²) in [6, 6.07) is 10.6. The number of pyridine rings is 1. The minimum absolute atomic E-state index is 0.140. The fourth-order valence-electron chi connectivity index (χ4n) is 3.93. The minimum atomic E-state index is -0.140. The van der Waals surface area contributed by atoms with Crippen molar-refractivity contribution in [3.05, 3.63) is 46.9 Å². The molecule has 2 heterocycles. The molecule has 0 bridgehead atoms. The van der Waals surface area contributed by atoms with E-state index in [1.54, 1.807) is 13.3 Å². The van der Waals surface area contributed by atoms with E-state index in [1.165, 1.54) is 0 Å². The molecular formula is C21H27N5O2. The Morgan fingerprint density at radius 1 is 1.14 bits per heavy atom. The summed E-state index contributed by atoms with van der Waals surface area (Å²) in [6.45, 7) is 1.63. The highest BCUT2D eigenvalue weighted by molar-refractivity contribution is 5.82. The van der Waals surface area contributed by atoms with Crippen molar-refractivity contribution in [3.63, 3.8) is 0 Å². The van der Waals surface area contributed by atoms with E-state index in [1.807, 2.05) is 30.3 Å². The number of nitrogens with one attached hydrogen (secondary N) is 4. The van der Waals surface area contributed by atoms with Gasteiger partial charge in [-0.05, 0) is 43.9 Å². The summed E-state index contributed by atoms with van der Waals surface area (Å²) in [5, 5.41) is 7.13. The zero-order valence-electron chi connectivity index (χ0n) is 16.1. The number of fused-ring (bicyclic) bond motifs is 1. The minimum Gasteiger partial charge on any atom is -0.383 e. The Morgan fingerprint density at radius 2 is 1.93 bits per heavy atom. The summed E-state index contributed by atoms with van der Waals surface area (Å²) in [7, 11) is 1.73. The zero-order chi connectivity index (χ0) is 19.3. The van der Waals surface area contributed by atoms with Crippen LogP contribution in [0.5, 0.6) is 0 Å². The van der Waals surface area contributed by atoms with Crippen LogP contribution in [0, 0.1) is 0 Å². The first-order valence-corrected chi connectivity index (χ1v) is 9.90. The number of H-pyrrole nitrogens is 2. The first-order valence-electron chi connectivity index (χ1n) is 9.90. The number of anilines is 1. The van der Waals surface area contributed by atoms with Gasteiger partial charge in [0.2, 0.25) is 0 Å². The lowest BCUT2D eigenvalue weighted by molar-refractivity contribution is 0.191. The molecule has 0 unspecified atom stereocenters. The van der Waals surface area contributed by atoms with Crippen molar-refractivity contribution < 1.29 is 4.74 Å². The second-order valence-corrected chi connectivity index (χ2v) is 7.34. The van der Waals surface area contributed by atoms with Crippen LogP contribution >= 0.6 is 0 Å². The first kappa shape index (κ1) is 18.7. The van der Waals surface area contributed by atoms with Crippen LogP contribution in [0.2, 0.25) is 0 Å². The molecule has 2 aromatic heterocycles. The Hall–Kier alpha value is -2.64. The number of imidazole rings is 1. The number of rotatable bonds is 7. The Balaban J connectivity index is 1.49. The van der Waals surface area contributed by atoms with Gasteiger partial charge in [-0.25, -0.2) is 4.98 Å². The topological polar surface area (TPSA) is 94.8 Å². The number of nitrogens with zero attached hydrogens (tertiary/aromatic N) is 1. The van der Waals surface area contributed by atoms with Gasteiger partial charge in [-0.2, -0.15) is 0 Å². The lowest BCUT2D eigenvalue weighted by atomic mass is 9.91. The normalized spacial score (nSPS) is 19.8. The van der Waals surface area contributed by atoms with Crippen LogP contribution in [0.3, 0.4) is 0 Å². The average molecular weight is 381 g/mol. The highest BCUT2D eigenvalue weighted by atomic mass is 16.5. The molecule has 0 saturated heterocycles. The maximum Gasteiger partial charge on any atom is 0.261 e. The van der Waals surface area contributed by atoms with E-state index in [0.717, 1.165) is 55.6 Å². The van der Waals surface area contributed by atoms with Crippen molar-refractivity contribution >= 4 is 16.7 Å². The van der Waals surface area contributed by atoms with Gasteiger partial charge in [0.1, 0.15) is 11.4 Å². The van der Waals surface area contributed by atoms with Gasteiger partial charge < -0.3 is 25.3 Å². The molecule has 7 nitrogen and oxygen atoms in total. The second-order valence-electron chi connectivity index (χ2n) is 7.34. The van der Waals surface area contributed by atoms with Crippen LogP contribution in [0.1, 0.15) is 25.7 Å². The highest BCUT2D eigenvalue weighted by Crippen LogP contribution is 2.28. The molecule has 0 aliphatic heterocycles. The Labute approximate surface area is 163 Å². The largest absolute Gasteiger partial charge is 0.383 e. The number of hydrogen-bond acceptors (Lipinski definition) is 5.